The summed E-state index contributed by atoms with van der Waals surface area (Å²) < 4.78 is 1.90. The van der Waals surface area contributed by atoms with Crippen LogP contribution in [-0.2, 0) is 17.8 Å². The molecule has 33 heavy (non-hydrogen) atoms. The number of unbranched alkanes of at least 4 members (excludes halogenated alkanes) is 1. The van der Waals surface area contributed by atoms with E-state index in [0.29, 0.717) is 13.1 Å². The van der Waals surface area contributed by atoms with Crippen molar-refractivity contribution in [2.24, 2.45) is 0 Å². The number of pyridine rings is 1. The first-order chi connectivity index (χ1) is 16.2. The van der Waals surface area contributed by atoms with Crippen molar-refractivity contribution in [2.45, 2.75) is 32.7 Å². The van der Waals surface area contributed by atoms with Crippen molar-refractivity contribution >= 4 is 23.3 Å². The highest BCUT2D eigenvalue weighted by molar-refractivity contribution is 7.09. The number of aromatic nitrogens is 4. The third-order valence-electron chi connectivity index (χ3n) is 5.11. The molecule has 3 heterocycles. The summed E-state index contributed by atoms with van der Waals surface area (Å²) >= 11 is 1.70. The van der Waals surface area contributed by atoms with Crippen LogP contribution in [0.4, 0.5) is 0 Å². The monoisotopic (exact) mass is 457 g/mol. The number of hydrogen-bond acceptors (Lipinski definition) is 5. The molecular weight excluding hydrogens is 430 g/mol. The van der Waals surface area contributed by atoms with E-state index in [-0.39, 0.29) is 5.91 Å². The van der Waals surface area contributed by atoms with Gasteiger partial charge in [0.05, 0.1) is 11.6 Å². The molecule has 3 aromatic heterocycles. The number of nitrogens with zero attached hydrogens (tertiary/aromatic N) is 4. The summed E-state index contributed by atoms with van der Waals surface area (Å²) in [6.45, 7) is 3.32. The second kappa shape index (κ2) is 11.3. The number of rotatable bonds is 10. The fourth-order valence-electron chi connectivity index (χ4n) is 3.49. The first kappa shape index (κ1) is 22.6. The summed E-state index contributed by atoms with van der Waals surface area (Å²) in [7, 11) is 0. The van der Waals surface area contributed by atoms with Crippen LogP contribution in [0.2, 0.25) is 0 Å². The van der Waals surface area contributed by atoms with Gasteiger partial charge in [-0.1, -0.05) is 30.3 Å². The second-order valence-electron chi connectivity index (χ2n) is 7.82. The summed E-state index contributed by atoms with van der Waals surface area (Å²) in [6.07, 6.45) is 11.8. The molecule has 6 nitrogen and oxygen atoms in total. The SMILES string of the molecule is Cc1csc(CCCCNC(=O)/C=C/c2cn(Cc3ccccc3)nc2-c2cccnc2)n1. The fourth-order valence-corrected chi connectivity index (χ4v) is 4.31. The average molecular weight is 458 g/mol. The van der Waals surface area contributed by atoms with Crippen LogP contribution in [0.1, 0.15) is 34.7 Å². The Hall–Kier alpha value is -3.58. The Labute approximate surface area is 198 Å². The van der Waals surface area contributed by atoms with Gasteiger partial charge in [-0.15, -0.1) is 11.3 Å². The number of thiazole rings is 1. The highest BCUT2D eigenvalue weighted by Crippen LogP contribution is 2.23. The summed E-state index contributed by atoms with van der Waals surface area (Å²) in [5.41, 5.74) is 4.85. The number of amides is 1. The van der Waals surface area contributed by atoms with Crippen LogP contribution >= 0.6 is 11.3 Å². The Bertz CT molecular complexity index is 1200. The lowest BCUT2D eigenvalue weighted by molar-refractivity contribution is -0.116. The molecule has 4 aromatic rings. The van der Waals surface area contributed by atoms with E-state index in [1.165, 1.54) is 5.56 Å². The van der Waals surface area contributed by atoms with Crippen molar-refractivity contribution in [3.63, 3.8) is 0 Å². The van der Waals surface area contributed by atoms with E-state index < -0.39 is 0 Å². The molecule has 0 saturated carbocycles. The van der Waals surface area contributed by atoms with Crippen molar-refractivity contribution in [1.29, 1.82) is 0 Å². The van der Waals surface area contributed by atoms with Crippen LogP contribution < -0.4 is 5.32 Å². The van der Waals surface area contributed by atoms with Crippen LogP contribution in [0, 0.1) is 6.92 Å². The van der Waals surface area contributed by atoms with Crippen LogP contribution in [0.5, 0.6) is 0 Å². The van der Waals surface area contributed by atoms with E-state index in [1.54, 1.807) is 29.8 Å². The highest BCUT2D eigenvalue weighted by Gasteiger charge is 2.10. The lowest BCUT2D eigenvalue weighted by Gasteiger charge is -2.01. The van der Waals surface area contributed by atoms with Crippen LogP contribution in [0.25, 0.3) is 17.3 Å². The maximum Gasteiger partial charge on any atom is 0.244 e. The van der Waals surface area contributed by atoms with Crippen molar-refractivity contribution in [3.05, 3.63) is 94.3 Å². The molecule has 0 saturated heterocycles. The minimum Gasteiger partial charge on any atom is -0.353 e. The molecular formula is C26H27N5OS. The van der Waals surface area contributed by atoms with E-state index in [2.05, 4.69) is 32.8 Å². The van der Waals surface area contributed by atoms with Gasteiger partial charge in [-0.25, -0.2) is 4.98 Å². The van der Waals surface area contributed by atoms with Crippen LogP contribution in [0.15, 0.2) is 72.5 Å². The van der Waals surface area contributed by atoms with Gasteiger partial charge in [-0.2, -0.15) is 5.10 Å². The summed E-state index contributed by atoms with van der Waals surface area (Å²) in [5.74, 6) is -0.104. The van der Waals surface area contributed by atoms with Crippen LogP contribution in [-0.4, -0.2) is 32.2 Å². The number of nitrogens with one attached hydrogen (secondary N) is 1. The summed E-state index contributed by atoms with van der Waals surface area (Å²) in [6, 6.07) is 14.0. The molecule has 0 fully saturated rings. The molecule has 0 radical (unpaired) electrons. The molecule has 0 unspecified atom stereocenters. The Morgan fingerprint density at radius 1 is 1.15 bits per heavy atom. The molecule has 7 heteroatoms. The number of carbonyl (C=O) groups excluding carboxylic acids is 1. The Kier molecular flexibility index (Phi) is 7.76. The zero-order valence-electron chi connectivity index (χ0n) is 18.6. The maximum atomic E-state index is 12.4. The minimum absolute atomic E-state index is 0.104. The maximum absolute atomic E-state index is 12.4. The van der Waals surface area contributed by atoms with Gasteiger partial charge in [0.2, 0.25) is 5.91 Å². The molecule has 0 atom stereocenters. The Balaban J connectivity index is 1.36. The van der Waals surface area contributed by atoms with E-state index in [9.17, 15) is 4.79 Å². The third-order valence-corrected chi connectivity index (χ3v) is 6.14. The van der Waals surface area contributed by atoms with Gasteiger partial charge in [0.1, 0.15) is 5.69 Å². The first-order valence-corrected chi connectivity index (χ1v) is 11.9. The standard InChI is InChI=1S/C26H27N5OS/c1-20-19-33-25(29-20)11-5-6-15-28-24(32)13-12-23-18-31(17-21-8-3-2-4-9-21)30-26(23)22-10-7-14-27-16-22/h2-4,7-10,12-14,16,18-19H,5-6,11,15,17H2,1H3,(H,28,32)/b13-12+. The molecule has 0 aliphatic heterocycles. The molecule has 168 valence electrons. The number of benzene rings is 1. The topological polar surface area (TPSA) is 72.7 Å². The molecule has 0 aliphatic rings. The van der Waals surface area contributed by atoms with Crippen molar-refractivity contribution in [1.82, 2.24) is 25.1 Å². The van der Waals surface area contributed by atoms with E-state index in [1.807, 2.05) is 54.2 Å². The number of hydrogen-bond donors (Lipinski definition) is 1. The molecule has 1 amide bonds. The first-order valence-electron chi connectivity index (χ1n) is 11.1. The average Bonchev–Trinajstić information content (AvgIpc) is 3.44. The van der Waals surface area contributed by atoms with Gasteiger partial charge in [-0.05, 0) is 50.0 Å². The molecule has 1 aromatic carbocycles. The van der Waals surface area contributed by atoms with E-state index >= 15 is 0 Å². The lowest BCUT2D eigenvalue weighted by atomic mass is 10.1. The zero-order valence-corrected chi connectivity index (χ0v) is 19.5. The predicted octanol–water partition coefficient (Wildman–Crippen LogP) is 4.91. The Morgan fingerprint density at radius 3 is 2.79 bits per heavy atom. The van der Waals surface area contributed by atoms with Gasteiger partial charge < -0.3 is 5.32 Å². The van der Waals surface area contributed by atoms with Crippen molar-refractivity contribution < 1.29 is 4.79 Å². The van der Waals surface area contributed by atoms with E-state index in [0.717, 1.165) is 46.8 Å². The van der Waals surface area contributed by atoms with Gasteiger partial charge >= 0.3 is 0 Å². The smallest absolute Gasteiger partial charge is 0.244 e. The number of aryl methyl sites for hydroxylation is 2. The quantitative estimate of drug-likeness (QED) is 0.271. The van der Waals surface area contributed by atoms with Gasteiger partial charge in [0, 0.05) is 53.4 Å². The molecule has 0 bridgehead atoms. The van der Waals surface area contributed by atoms with Crippen molar-refractivity contribution in [3.8, 4) is 11.3 Å². The normalized spacial score (nSPS) is 11.2. The Morgan fingerprint density at radius 2 is 2.03 bits per heavy atom. The van der Waals surface area contributed by atoms with Gasteiger partial charge in [0.15, 0.2) is 0 Å². The summed E-state index contributed by atoms with van der Waals surface area (Å²) in [5, 5.41) is 11.0. The molecule has 1 N–H and O–H groups in total. The van der Waals surface area contributed by atoms with E-state index in [4.69, 9.17) is 5.10 Å². The largest absolute Gasteiger partial charge is 0.353 e. The predicted molar refractivity (Wildman–Crippen MR) is 133 cm³/mol. The minimum atomic E-state index is -0.104. The van der Waals surface area contributed by atoms with Crippen LogP contribution in [0.3, 0.4) is 0 Å². The van der Waals surface area contributed by atoms with Gasteiger partial charge in [0.25, 0.3) is 0 Å². The molecule has 4 rings (SSSR count). The third kappa shape index (κ3) is 6.70. The molecule has 0 aliphatic carbocycles. The highest BCUT2D eigenvalue weighted by atomic mass is 32.1. The zero-order chi connectivity index (χ0) is 22.9. The van der Waals surface area contributed by atoms with Gasteiger partial charge in [-0.3, -0.25) is 14.5 Å². The number of carbonyl (C=O) groups is 1. The molecule has 0 spiro atoms. The fraction of sp³-hybridized carbons (Fsp3) is 0.231. The summed E-state index contributed by atoms with van der Waals surface area (Å²) in [4.78, 5) is 21.0. The van der Waals surface area contributed by atoms with Crippen molar-refractivity contribution in [2.75, 3.05) is 6.54 Å². The lowest BCUT2D eigenvalue weighted by Crippen LogP contribution is -2.22. The second-order valence-corrected chi connectivity index (χ2v) is 8.76.